The number of rotatable bonds is 6. The van der Waals surface area contributed by atoms with Gasteiger partial charge in [0.05, 0.1) is 5.69 Å². The molecule has 0 spiro atoms. The molecule has 0 fully saturated rings. The molecule has 1 rings (SSSR count). The fourth-order valence-electron chi connectivity index (χ4n) is 1.63. The second-order valence-corrected chi connectivity index (χ2v) is 4.02. The van der Waals surface area contributed by atoms with Crippen molar-refractivity contribution < 1.29 is 0 Å². The number of aryl methyl sites for hydroxylation is 2. The quantitative estimate of drug-likeness (QED) is 0.743. The second kappa shape index (κ2) is 6.43. The molecule has 0 radical (unpaired) electrons. The largest absolute Gasteiger partial charge is 0.312 e. The van der Waals surface area contributed by atoms with E-state index >= 15 is 0 Å². The van der Waals surface area contributed by atoms with Crippen molar-refractivity contribution in [1.29, 1.82) is 0 Å². The van der Waals surface area contributed by atoms with Crippen molar-refractivity contribution in [2.24, 2.45) is 0 Å². The lowest BCUT2D eigenvalue weighted by Gasteiger charge is -2.08. The van der Waals surface area contributed by atoms with Crippen LogP contribution in [0.5, 0.6) is 0 Å². The van der Waals surface area contributed by atoms with Gasteiger partial charge in [0.25, 0.3) is 5.56 Å². The van der Waals surface area contributed by atoms with Gasteiger partial charge in [-0.25, -0.2) is 4.68 Å². The van der Waals surface area contributed by atoms with Gasteiger partial charge in [0.15, 0.2) is 0 Å². The van der Waals surface area contributed by atoms with E-state index in [-0.39, 0.29) is 5.56 Å². The Morgan fingerprint density at radius 3 is 2.75 bits per heavy atom. The van der Waals surface area contributed by atoms with Gasteiger partial charge in [0.2, 0.25) is 0 Å². The van der Waals surface area contributed by atoms with Gasteiger partial charge in [-0.2, -0.15) is 5.10 Å². The molecule has 0 aliphatic rings. The smallest absolute Gasteiger partial charge is 0.271 e. The van der Waals surface area contributed by atoms with Crippen LogP contribution in [0, 0.1) is 6.92 Å². The van der Waals surface area contributed by atoms with Crippen molar-refractivity contribution in [3.63, 3.8) is 0 Å². The Hall–Kier alpha value is -1.16. The maximum Gasteiger partial charge on any atom is 0.271 e. The van der Waals surface area contributed by atoms with Crippen LogP contribution in [0.1, 0.15) is 37.9 Å². The first-order chi connectivity index (χ1) is 7.69. The molecular formula is C12H21N3O. The molecule has 0 saturated heterocycles. The van der Waals surface area contributed by atoms with Gasteiger partial charge in [-0.05, 0) is 32.4 Å². The Morgan fingerprint density at radius 1 is 1.38 bits per heavy atom. The molecule has 1 aromatic heterocycles. The van der Waals surface area contributed by atoms with E-state index in [1.807, 2.05) is 19.9 Å². The maximum atomic E-state index is 12.0. The minimum absolute atomic E-state index is 0.0380. The third kappa shape index (κ3) is 3.45. The van der Waals surface area contributed by atoms with Crippen molar-refractivity contribution in [1.82, 2.24) is 15.1 Å². The Balaban J connectivity index is 2.86. The number of aromatic nitrogens is 2. The summed E-state index contributed by atoms with van der Waals surface area (Å²) in [6, 6.07) is 1.87. The first kappa shape index (κ1) is 12.9. The average molecular weight is 223 g/mol. The average Bonchev–Trinajstić information content (AvgIpc) is 2.25. The number of nitrogens with zero attached hydrogens (tertiary/aromatic N) is 2. The van der Waals surface area contributed by atoms with Crippen molar-refractivity contribution in [2.45, 2.75) is 46.7 Å². The minimum atomic E-state index is 0.0380. The summed E-state index contributed by atoms with van der Waals surface area (Å²) in [4.78, 5) is 12.0. The van der Waals surface area contributed by atoms with E-state index in [0.717, 1.165) is 30.6 Å². The SMILES string of the molecule is CCCNCc1cc(C)nn(CCC)c1=O. The normalized spacial score (nSPS) is 10.7. The highest BCUT2D eigenvalue weighted by atomic mass is 16.1. The molecule has 0 unspecified atom stereocenters. The third-order valence-electron chi connectivity index (χ3n) is 2.35. The Morgan fingerprint density at radius 2 is 2.12 bits per heavy atom. The van der Waals surface area contributed by atoms with Gasteiger partial charge in [-0.3, -0.25) is 4.79 Å². The van der Waals surface area contributed by atoms with Crippen LogP contribution in [-0.4, -0.2) is 16.3 Å². The van der Waals surface area contributed by atoms with E-state index in [0.29, 0.717) is 13.1 Å². The number of hydrogen-bond donors (Lipinski definition) is 1. The standard InChI is InChI=1S/C12H21N3O/c1-4-6-13-9-11-8-10(3)14-15(7-5-2)12(11)16/h8,13H,4-7,9H2,1-3H3. The first-order valence-corrected chi connectivity index (χ1v) is 5.97. The van der Waals surface area contributed by atoms with Crippen molar-refractivity contribution in [3.05, 3.63) is 27.7 Å². The molecule has 1 heterocycles. The predicted molar refractivity (Wildman–Crippen MR) is 65.5 cm³/mol. The first-order valence-electron chi connectivity index (χ1n) is 5.97. The lowest BCUT2D eigenvalue weighted by Crippen LogP contribution is -2.29. The highest BCUT2D eigenvalue weighted by Crippen LogP contribution is 1.96. The van der Waals surface area contributed by atoms with E-state index in [2.05, 4.69) is 17.3 Å². The molecule has 1 N–H and O–H groups in total. The van der Waals surface area contributed by atoms with Crippen LogP contribution in [0.15, 0.2) is 10.9 Å². The van der Waals surface area contributed by atoms with Crippen LogP contribution in [0.25, 0.3) is 0 Å². The van der Waals surface area contributed by atoms with E-state index in [1.165, 1.54) is 0 Å². The zero-order valence-corrected chi connectivity index (χ0v) is 10.4. The van der Waals surface area contributed by atoms with Crippen molar-refractivity contribution >= 4 is 0 Å². The van der Waals surface area contributed by atoms with Crippen molar-refractivity contribution in [2.75, 3.05) is 6.54 Å². The molecule has 0 atom stereocenters. The molecule has 0 aliphatic heterocycles. The van der Waals surface area contributed by atoms with Crippen LogP contribution < -0.4 is 10.9 Å². The molecule has 0 aromatic carbocycles. The van der Waals surface area contributed by atoms with Crippen LogP contribution in [0.4, 0.5) is 0 Å². The van der Waals surface area contributed by atoms with Gasteiger partial charge in [0, 0.05) is 18.7 Å². The summed E-state index contributed by atoms with van der Waals surface area (Å²) in [5.74, 6) is 0. The molecule has 16 heavy (non-hydrogen) atoms. The van der Waals surface area contributed by atoms with Crippen LogP contribution in [-0.2, 0) is 13.1 Å². The molecule has 0 amide bonds. The van der Waals surface area contributed by atoms with Crippen LogP contribution in [0.2, 0.25) is 0 Å². The van der Waals surface area contributed by atoms with E-state index in [9.17, 15) is 4.79 Å². The van der Waals surface area contributed by atoms with Crippen LogP contribution in [0.3, 0.4) is 0 Å². The highest BCUT2D eigenvalue weighted by Gasteiger charge is 2.05. The fourth-order valence-corrected chi connectivity index (χ4v) is 1.63. The monoisotopic (exact) mass is 223 g/mol. The van der Waals surface area contributed by atoms with Gasteiger partial charge in [-0.15, -0.1) is 0 Å². The summed E-state index contributed by atoms with van der Waals surface area (Å²) in [5, 5.41) is 7.48. The molecule has 4 nitrogen and oxygen atoms in total. The minimum Gasteiger partial charge on any atom is -0.312 e. The summed E-state index contributed by atoms with van der Waals surface area (Å²) >= 11 is 0. The third-order valence-corrected chi connectivity index (χ3v) is 2.35. The fraction of sp³-hybridized carbons (Fsp3) is 0.667. The van der Waals surface area contributed by atoms with Crippen LogP contribution >= 0.6 is 0 Å². The maximum absolute atomic E-state index is 12.0. The molecule has 0 aliphatic carbocycles. The van der Waals surface area contributed by atoms with Gasteiger partial charge in [-0.1, -0.05) is 13.8 Å². The molecule has 90 valence electrons. The van der Waals surface area contributed by atoms with E-state index < -0.39 is 0 Å². The van der Waals surface area contributed by atoms with Gasteiger partial charge >= 0.3 is 0 Å². The Bertz CT molecular complexity index is 384. The Kier molecular flexibility index (Phi) is 5.19. The summed E-state index contributed by atoms with van der Waals surface area (Å²) in [6.07, 6.45) is 2.01. The predicted octanol–water partition coefficient (Wildman–Crippen LogP) is 1.46. The molecule has 0 saturated carbocycles. The van der Waals surface area contributed by atoms with Crippen molar-refractivity contribution in [3.8, 4) is 0 Å². The lowest BCUT2D eigenvalue weighted by molar-refractivity contribution is 0.548. The topological polar surface area (TPSA) is 46.9 Å². The number of nitrogens with one attached hydrogen (secondary N) is 1. The zero-order valence-electron chi connectivity index (χ0n) is 10.4. The van der Waals surface area contributed by atoms with E-state index in [1.54, 1.807) is 4.68 Å². The summed E-state index contributed by atoms with van der Waals surface area (Å²) < 4.78 is 1.57. The molecule has 4 heteroatoms. The van der Waals surface area contributed by atoms with Gasteiger partial charge in [0.1, 0.15) is 0 Å². The summed E-state index contributed by atoms with van der Waals surface area (Å²) in [5.41, 5.74) is 1.76. The Labute approximate surface area is 96.7 Å². The zero-order chi connectivity index (χ0) is 12.0. The lowest BCUT2D eigenvalue weighted by atomic mass is 10.2. The van der Waals surface area contributed by atoms with Gasteiger partial charge < -0.3 is 5.32 Å². The second-order valence-electron chi connectivity index (χ2n) is 4.02. The van der Waals surface area contributed by atoms with E-state index in [4.69, 9.17) is 0 Å². The summed E-state index contributed by atoms with van der Waals surface area (Å²) in [7, 11) is 0. The molecule has 1 aromatic rings. The number of hydrogen-bond acceptors (Lipinski definition) is 3. The molecular weight excluding hydrogens is 202 g/mol. The molecule has 0 bridgehead atoms. The summed E-state index contributed by atoms with van der Waals surface area (Å²) in [6.45, 7) is 8.36. The highest BCUT2D eigenvalue weighted by molar-refractivity contribution is 5.12.